The molecule has 0 saturated heterocycles. The molecule has 0 bridgehead atoms. The highest BCUT2D eigenvalue weighted by Gasteiger charge is 2.42. The molecule has 1 N–H and O–H groups in total. The quantitative estimate of drug-likeness (QED) is 0.716. The third-order valence-corrected chi connectivity index (χ3v) is 7.22. The number of aliphatic hydroxyl groups excluding tert-OH is 1. The van der Waals surface area contributed by atoms with E-state index in [0.29, 0.717) is 29.9 Å². The molecule has 1 aromatic carbocycles. The minimum Gasteiger partial charge on any atom is -0.392 e. The van der Waals surface area contributed by atoms with E-state index in [9.17, 15) is 26.7 Å². The van der Waals surface area contributed by atoms with E-state index in [1.54, 1.807) is 18.0 Å². The molecule has 2 aromatic rings. The van der Waals surface area contributed by atoms with Gasteiger partial charge >= 0.3 is 6.18 Å². The van der Waals surface area contributed by atoms with Crippen LogP contribution in [0.15, 0.2) is 34.3 Å². The minimum atomic E-state index is -4.55. The zero-order chi connectivity index (χ0) is 24.3. The standard InChI is InChI=1S/C21H26F3N5O3S/c1-12(2)18-19-25-14-9-13(11-30)16(33(4,31)32)10-15(14)28(19)7-8-29(18)20-26-17(21(22,23)24)5-6-27(20)3/h5-6,9-10,12,18,20,30H,7-8,11H2,1-4H3/t18?,20-/m0/s1. The summed E-state index contributed by atoms with van der Waals surface area (Å²) in [5, 5.41) is 9.69. The van der Waals surface area contributed by atoms with Crippen LogP contribution in [0.1, 0.15) is 31.3 Å². The molecule has 4 rings (SSSR count). The summed E-state index contributed by atoms with van der Waals surface area (Å²) < 4.78 is 66.5. The molecule has 0 radical (unpaired) electrons. The molecule has 0 spiro atoms. The van der Waals surface area contributed by atoms with Gasteiger partial charge in [-0.1, -0.05) is 13.8 Å². The molecule has 0 amide bonds. The second kappa shape index (κ2) is 8.10. The fourth-order valence-electron chi connectivity index (χ4n) is 4.59. The molecule has 3 heterocycles. The Bertz CT molecular complexity index is 1250. The summed E-state index contributed by atoms with van der Waals surface area (Å²) >= 11 is 0. The number of allylic oxidation sites excluding steroid dienone is 1. The van der Waals surface area contributed by atoms with Crippen LogP contribution in [0.2, 0.25) is 0 Å². The zero-order valence-corrected chi connectivity index (χ0v) is 19.5. The highest BCUT2D eigenvalue weighted by Crippen LogP contribution is 2.38. The Hall–Kier alpha value is -2.44. The number of nitrogens with zero attached hydrogens (tertiary/aromatic N) is 5. The predicted octanol–water partition coefficient (Wildman–Crippen LogP) is 2.69. The van der Waals surface area contributed by atoms with Crippen LogP contribution in [0, 0.1) is 5.92 Å². The number of halogens is 3. The molecule has 33 heavy (non-hydrogen) atoms. The Kier molecular flexibility index (Phi) is 5.82. The van der Waals surface area contributed by atoms with E-state index in [2.05, 4.69) is 4.99 Å². The second-order valence-electron chi connectivity index (χ2n) is 8.77. The van der Waals surface area contributed by atoms with Crippen LogP contribution in [0.3, 0.4) is 0 Å². The Morgan fingerprint density at radius 2 is 1.94 bits per heavy atom. The van der Waals surface area contributed by atoms with Gasteiger partial charge in [0, 0.05) is 32.6 Å². The normalized spacial score (nSPS) is 22.2. The number of hydrogen-bond acceptors (Lipinski definition) is 7. The van der Waals surface area contributed by atoms with Crippen molar-refractivity contribution in [1.29, 1.82) is 0 Å². The SMILES string of the molecule is CC(C)C1c2nc3cc(CO)c(S(C)(=O)=O)cc3n2CCN1[C@H]1N=C(C(F)(F)F)C=CN1C. The molecule has 12 heteroatoms. The van der Waals surface area contributed by atoms with E-state index in [4.69, 9.17) is 4.98 Å². The summed E-state index contributed by atoms with van der Waals surface area (Å²) in [7, 11) is -1.90. The molecule has 180 valence electrons. The fourth-order valence-corrected chi connectivity index (χ4v) is 5.51. The predicted molar refractivity (Wildman–Crippen MR) is 117 cm³/mol. The van der Waals surface area contributed by atoms with Crippen molar-refractivity contribution in [3.8, 4) is 0 Å². The molecule has 0 saturated carbocycles. The van der Waals surface area contributed by atoms with E-state index in [-0.39, 0.29) is 22.4 Å². The van der Waals surface area contributed by atoms with Crippen LogP contribution in [-0.4, -0.2) is 70.9 Å². The fraction of sp³-hybridized carbons (Fsp3) is 0.524. The van der Waals surface area contributed by atoms with Crippen molar-refractivity contribution in [2.75, 3.05) is 19.8 Å². The number of aliphatic hydroxyl groups is 1. The van der Waals surface area contributed by atoms with E-state index in [1.807, 2.05) is 23.3 Å². The van der Waals surface area contributed by atoms with Gasteiger partial charge in [-0.25, -0.2) is 18.4 Å². The number of alkyl halides is 3. The molecule has 0 aliphatic carbocycles. The van der Waals surface area contributed by atoms with Crippen LogP contribution in [-0.2, 0) is 23.0 Å². The molecule has 1 unspecified atom stereocenters. The molecule has 0 fully saturated rings. The van der Waals surface area contributed by atoms with Crippen molar-refractivity contribution >= 4 is 26.6 Å². The van der Waals surface area contributed by atoms with Gasteiger partial charge in [0.25, 0.3) is 0 Å². The Morgan fingerprint density at radius 1 is 1.24 bits per heavy atom. The maximum Gasteiger partial charge on any atom is 0.433 e. The first kappa shape index (κ1) is 23.7. The third kappa shape index (κ3) is 4.15. The second-order valence-corrected chi connectivity index (χ2v) is 10.8. The summed E-state index contributed by atoms with van der Waals surface area (Å²) in [6.45, 7) is 4.27. The molecular formula is C21H26F3N5O3S. The van der Waals surface area contributed by atoms with Crippen LogP contribution in [0.5, 0.6) is 0 Å². The lowest BCUT2D eigenvalue weighted by Gasteiger charge is -2.45. The Labute approximate surface area is 189 Å². The van der Waals surface area contributed by atoms with Gasteiger partial charge in [-0.2, -0.15) is 13.2 Å². The first-order valence-electron chi connectivity index (χ1n) is 10.5. The van der Waals surface area contributed by atoms with Gasteiger partial charge < -0.3 is 14.6 Å². The van der Waals surface area contributed by atoms with Crippen LogP contribution in [0.25, 0.3) is 11.0 Å². The highest BCUT2D eigenvalue weighted by atomic mass is 32.2. The summed E-state index contributed by atoms with van der Waals surface area (Å²) in [6, 6.07) is 2.73. The number of rotatable bonds is 4. The summed E-state index contributed by atoms with van der Waals surface area (Å²) in [6.07, 6.45) is -1.98. The largest absolute Gasteiger partial charge is 0.433 e. The van der Waals surface area contributed by atoms with Gasteiger partial charge in [0.2, 0.25) is 0 Å². The lowest BCUT2D eigenvalue weighted by molar-refractivity contribution is -0.0612. The van der Waals surface area contributed by atoms with Crippen molar-refractivity contribution in [2.24, 2.45) is 10.9 Å². The zero-order valence-electron chi connectivity index (χ0n) is 18.7. The van der Waals surface area contributed by atoms with Gasteiger partial charge in [0.1, 0.15) is 11.5 Å². The van der Waals surface area contributed by atoms with Gasteiger partial charge in [0.05, 0.1) is 28.6 Å². The van der Waals surface area contributed by atoms with Crippen LogP contribution >= 0.6 is 0 Å². The smallest absolute Gasteiger partial charge is 0.392 e. The number of benzene rings is 1. The maximum atomic E-state index is 13.3. The number of sulfone groups is 1. The Morgan fingerprint density at radius 3 is 2.52 bits per heavy atom. The number of aliphatic imine (C=N–C) groups is 1. The minimum absolute atomic E-state index is 0.0172. The van der Waals surface area contributed by atoms with Gasteiger partial charge in [-0.15, -0.1) is 0 Å². The molecule has 8 nitrogen and oxygen atoms in total. The highest BCUT2D eigenvalue weighted by molar-refractivity contribution is 7.90. The molecule has 2 atom stereocenters. The van der Waals surface area contributed by atoms with Gasteiger partial charge in [-0.3, -0.25) is 4.90 Å². The lowest BCUT2D eigenvalue weighted by atomic mass is 9.99. The summed E-state index contributed by atoms with van der Waals surface area (Å²) in [5.74, 6) is 0.615. The van der Waals surface area contributed by atoms with Gasteiger partial charge in [0.15, 0.2) is 16.1 Å². The van der Waals surface area contributed by atoms with E-state index in [0.717, 1.165) is 12.3 Å². The summed E-state index contributed by atoms with van der Waals surface area (Å²) in [4.78, 5) is 12.3. The van der Waals surface area contributed by atoms with Crippen molar-refractivity contribution < 1.29 is 26.7 Å². The number of aromatic nitrogens is 2. The maximum absolute atomic E-state index is 13.3. The van der Waals surface area contributed by atoms with E-state index < -0.39 is 34.6 Å². The van der Waals surface area contributed by atoms with E-state index in [1.165, 1.54) is 12.3 Å². The topological polar surface area (TPSA) is 91.0 Å². The van der Waals surface area contributed by atoms with Crippen molar-refractivity contribution in [2.45, 2.75) is 50.4 Å². The summed E-state index contributed by atoms with van der Waals surface area (Å²) in [5.41, 5.74) is 0.474. The van der Waals surface area contributed by atoms with Crippen molar-refractivity contribution in [3.63, 3.8) is 0 Å². The first-order chi connectivity index (χ1) is 15.3. The van der Waals surface area contributed by atoms with Crippen LogP contribution in [0.4, 0.5) is 13.2 Å². The van der Waals surface area contributed by atoms with Crippen molar-refractivity contribution in [1.82, 2.24) is 19.4 Å². The monoisotopic (exact) mass is 485 g/mol. The molecular weight excluding hydrogens is 459 g/mol. The van der Waals surface area contributed by atoms with Crippen molar-refractivity contribution in [3.05, 3.63) is 35.8 Å². The molecule has 1 aromatic heterocycles. The van der Waals surface area contributed by atoms with Crippen LogP contribution < -0.4 is 0 Å². The first-order valence-corrected chi connectivity index (χ1v) is 12.4. The average Bonchev–Trinajstić information content (AvgIpc) is 3.08. The average molecular weight is 486 g/mol. The molecule has 2 aliphatic heterocycles. The lowest BCUT2D eigenvalue weighted by Crippen LogP contribution is -2.52. The number of fused-ring (bicyclic) bond motifs is 3. The molecule has 2 aliphatic rings. The Balaban J connectivity index is 1.84. The van der Waals surface area contributed by atoms with E-state index >= 15 is 0 Å². The third-order valence-electron chi connectivity index (χ3n) is 6.04. The number of imidazole rings is 1. The van der Waals surface area contributed by atoms with Gasteiger partial charge in [-0.05, 0) is 29.7 Å². The number of hydrogen-bond donors (Lipinski definition) is 1.